The fourth-order valence-electron chi connectivity index (χ4n) is 1.79. The van der Waals surface area contributed by atoms with Crippen LogP contribution in [0.5, 0.6) is 0 Å². The quantitative estimate of drug-likeness (QED) is 0.743. The lowest BCUT2D eigenvalue weighted by Crippen LogP contribution is -2.00. The van der Waals surface area contributed by atoms with Crippen LogP contribution in [-0.2, 0) is 0 Å². The summed E-state index contributed by atoms with van der Waals surface area (Å²) < 4.78 is 1.54. The number of pyridine rings is 1. The Bertz CT molecular complexity index is 734. The maximum Gasteiger partial charge on any atom is 0.356 e. The van der Waals surface area contributed by atoms with Crippen molar-refractivity contribution < 1.29 is 9.90 Å². The number of aromatic nitrogens is 3. The Labute approximate surface area is 102 Å². The van der Waals surface area contributed by atoms with Gasteiger partial charge in [0.25, 0.3) is 0 Å². The van der Waals surface area contributed by atoms with Gasteiger partial charge in [-0.25, -0.2) is 9.48 Å². The summed E-state index contributed by atoms with van der Waals surface area (Å²) in [6.45, 7) is 0. The van der Waals surface area contributed by atoms with Crippen LogP contribution in [0.25, 0.3) is 16.6 Å². The fourth-order valence-corrected chi connectivity index (χ4v) is 1.79. The van der Waals surface area contributed by atoms with Gasteiger partial charge < -0.3 is 5.11 Å². The van der Waals surface area contributed by atoms with Crippen molar-refractivity contribution >= 4 is 16.9 Å². The molecule has 1 N–H and O–H groups in total. The van der Waals surface area contributed by atoms with E-state index < -0.39 is 5.97 Å². The first-order valence-corrected chi connectivity index (χ1v) is 5.38. The van der Waals surface area contributed by atoms with E-state index >= 15 is 0 Å². The number of rotatable bonds is 2. The molecule has 0 aliphatic carbocycles. The van der Waals surface area contributed by atoms with E-state index in [4.69, 9.17) is 5.11 Å². The van der Waals surface area contributed by atoms with Crippen LogP contribution in [0.1, 0.15) is 10.5 Å². The Morgan fingerprint density at radius 2 is 2.11 bits per heavy atom. The van der Waals surface area contributed by atoms with Crippen LogP contribution in [0.4, 0.5) is 0 Å². The second kappa shape index (κ2) is 3.96. The molecule has 0 aliphatic heterocycles. The lowest BCUT2D eigenvalue weighted by atomic mass is 10.2. The summed E-state index contributed by atoms with van der Waals surface area (Å²) in [4.78, 5) is 15.0. The highest BCUT2D eigenvalue weighted by Crippen LogP contribution is 2.16. The maximum atomic E-state index is 10.8. The number of fused-ring (bicyclic) bond motifs is 1. The molecule has 3 rings (SSSR count). The third-order valence-corrected chi connectivity index (χ3v) is 2.66. The summed E-state index contributed by atoms with van der Waals surface area (Å²) in [5.74, 6) is -1.03. The Balaban J connectivity index is 2.10. The second-order valence-electron chi connectivity index (χ2n) is 3.83. The molecule has 0 bridgehead atoms. The topological polar surface area (TPSA) is 68.0 Å². The van der Waals surface area contributed by atoms with Gasteiger partial charge in [-0.3, -0.25) is 4.98 Å². The number of hydrogen-bond acceptors (Lipinski definition) is 3. The van der Waals surface area contributed by atoms with E-state index in [1.807, 2.05) is 30.3 Å². The minimum absolute atomic E-state index is 0.0290. The normalized spacial score (nSPS) is 10.7. The molecule has 0 saturated carbocycles. The molecule has 3 aromatic rings. The summed E-state index contributed by atoms with van der Waals surface area (Å²) in [5, 5.41) is 13.8. The number of hydrogen-bond donors (Lipinski definition) is 1. The van der Waals surface area contributed by atoms with Crippen molar-refractivity contribution in [3.63, 3.8) is 0 Å². The van der Waals surface area contributed by atoms with E-state index in [1.54, 1.807) is 12.4 Å². The summed E-state index contributed by atoms with van der Waals surface area (Å²) in [7, 11) is 0. The highest BCUT2D eigenvalue weighted by atomic mass is 16.4. The monoisotopic (exact) mass is 239 g/mol. The van der Waals surface area contributed by atoms with E-state index in [0.29, 0.717) is 0 Å². The molecular formula is C13H9N3O2. The third kappa shape index (κ3) is 1.71. The van der Waals surface area contributed by atoms with Gasteiger partial charge in [-0.05, 0) is 30.3 Å². The molecule has 18 heavy (non-hydrogen) atoms. The predicted octanol–water partition coefficient (Wildman–Crippen LogP) is 2.12. The smallest absolute Gasteiger partial charge is 0.356 e. The molecule has 0 amide bonds. The number of carboxylic acids is 1. The van der Waals surface area contributed by atoms with Crippen molar-refractivity contribution in [1.29, 1.82) is 0 Å². The van der Waals surface area contributed by atoms with Gasteiger partial charge in [-0.2, -0.15) is 5.10 Å². The Morgan fingerprint density at radius 1 is 1.22 bits per heavy atom. The zero-order valence-corrected chi connectivity index (χ0v) is 9.32. The molecule has 88 valence electrons. The maximum absolute atomic E-state index is 10.8. The van der Waals surface area contributed by atoms with Crippen LogP contribution in [0.15, 0.2) is 48.8 Å². The van der Waals surface area contributed by atoms with E-state index in [9.17, 15) is 4.79 Å². The van der Waals surface area contributed by atoms with E-state index in [0.717, 1.165) is 16.6 Å². The summed E-state index contributed by atoms with van der Waals surface area (Å²) >= 11 is 0. The van der Waals surface area contributed by atoms with E-state index in [-0.39, 0.29) is 5.69 Å². The second-order valence-corrected chi connectivity index (χ2v) is 3.83. The van der Waals surface area contributed by atoms with E-state index in [1.165, 1.54) is 10.7 Å². The minimum atomic E-state index is -1.03. The average Bonchev–Trinajstić information content (AvgIpc) is 2.88. The average molecular weight is 239 g/mol. The van der Waals surface area contributed by atoms with E-state index in [2.05, 4.69) is 10.1 Å². The number of nitrogens with zero attached hydrogens (tertiary/aromatic N) is 3. The highest BCUT2D eigenvalue weighted by Gasteiger charge is 2.07. The van der Waals surface area contributed by atoms with Gasteiger partial charge in [0.1, 0.15) is 0 Å². The van der Waals surface area contributed by atoms with Gasteiger partial charge in [0, 0.05) is 17.8 Å². The Morgan fingerprint density at radius 3 is 2.89 bits per heavy atom. The highest BCUT2D eigenvalue weighted by molar-refractivity contribution is 5.85. The van der Waals surface area contributed by atoms with Crippen LogP contribution >= 0.6 is 0 Å². The molecule has 0 unspecified atom stereocenters. The van der Waals surface area contributed by atoms with Gasteiger partial charge in [-0.15, -0.1) is 0 Å². The lowest BCUT2D eigenvalue weighted by molar-refractivity contribution is 0.0690. The van der Waals surface area contributed by atoms with Crippen molar-refractivity contribution in [2.24, 2.45) is 0 Å². The molecule has 5 nitrogen and oxygen atoms in total. The molecule has 1 aromatic carbocycles. The van der Waals surface area contributed by atoms with Crippen LogP contribution in [0.2, 0.25) is 0 Å². The number of aromatic carboxylic acids is 1. The zero-order valence-electron chi connectivity index (χ0n) is 9.32. The molecule has 0 fully saturated rings. The van der Waals surface area contributed by atoms with Gasteiger partial charge in [-0.1, -0.05) is 6.07 Å². The molecule has 5 heteroatoms. The lowest BCUT2D eigenvalue weighted by Gasteiger charge is -2.02. The number of benzene rings is 1. The summed E-state index contributed by atoms with van der Waals surface area (Å²) in [6, 6.07) is 10.9. The van der Waals surface area contributed by atoms with Gasteiger partial charge in [0.2, 0.25) is 0 Å². The first-order chi connectivity index (χ1) is 8.74. The molecule has 2 aromatic heterocycles. The molecule has 0 spiro atoms. The predicted molar refractivity (Wildman–Crippen MR) is 65.8 cm³/mol. The molecule has 0 aliphatic rings. The van der Waals surface area contributed by atoms with Crippen molar-refractivity contribution in [3.8, 4) is 5.69 Å². The van der Waals surface area contributed by atoms with Crippen molar-refractivity contribution in [2.45, 2.75) is 0 Å². The molecular weight excluding hydrogens is 230 g/mol. The fraction of sp³-hybridized carbons (Fsp3) is 0. The molecule has 0 atom stereocenters. The van der Waals surface area contributed by atoms with Crippen LogP contribution in [-0.4, -0.2) is 25.8 Å². The molecule has 0 radical (unpaired) electrons. The minimum Gasteiger partial charge on any atom is -0.476 e. The third-order valence-electron chi connectivity index (χ3n) is 2.66. The first-order valence-electron chi connectivity index (χ1n) is 5.38. The van der Waals surface area contributed by atoms with Crippen LogP contribution in [0.3, 0.4) is 0 Å². The van der Waals surface area contributed by atoms with Crippen LogP contribution in [0, 0.1) is 0 Å². The zero-order chi connectivity index (χ0) is 12.5. The van der Waals surface area contributed by atoms with Gasteiger partial charge in [0.05, 0.1) is 11.2 Å². The standard InChI is InChI=1S/C13H9N3O2/c17-13(18)12-5-7-16(15-12)10-3-4-11-9(8-10)2-1-6-14-11/h1-8H,(H,17,18). The summed E-state index contributed by atoms with van der Waals surface area (Å²) in [6.07, 6.45) is 3.36. The largest absolute Gasteiger partial charge is 0.476 e. The molecule has 2 heterocycles. The van der Waals surface area contributed by atoms with Crippen molar-refractivity contribution in [1.82, 2.24) is 14.8 Å². The molecule has 0 saturated heterocycles. The Hall–Kier alpha value is -2.69. The Kier molecular flexibility index (Phi) is 2.30. The number of carbonyl (C=O) groups is 1. The SMILES string of the molecule is O=C(O)c1ccn(-c2ccc3ncccc3c2)n1. The van der Waals surface area contributed by atoms with Crippen LogP contribution < -0.4 is 0 Å². The number of carboxylic acid groups (broad SMARTS) is 1. The summed E-state index contributed by atoms with van der Waals surface area (Å²) in [5.41, 5.74) is 1.73. The van der Waals surface area contributed by atoms with Gasteiger partial charge >= 0.3 is 5.97 Å². The first kappa shape index (κ1) is 10.5. The van der Waals surface area contributed by atoms with Gasteiger partial charge in [0.15, 0.2) is 5.69 Å². The van der Waals surface area contributed by atoms with Crippen molar-refractivity contribution in [3.05, 3.63) is 54.5 Å². The van der Waals surface area contributed by atoms with Crippen molar-refractivity contribution in [2.75, 3.05) is 0 Å².